The van der Waals surface area contributed by atoms with Gasteiger partial charge in [-0.3, -0.25) is 4.79 Å². The van der Waals surface area contributed by atoms with Crippen molar-refractivity contribution in [1.82, 2.24) is 9.62 Å². The molecule has 0 spiro atoms. The molecule has 2 aromatic carbocycles. The number of hydrogen-bond acceptors (Lipinski definition) is 5. The number of carbonyl (C=O) groups is 2. The largest absolute Gasteiger partial charge is 0.449 e. The number of nitrogens with one attached hydrogen (secondary N) is 1. The number of amides is 1. The SMILES string of the molecule is Cc1ccc(C(=O)OC(C)C(=O)NC(C)c2ccccc2)cc1S(=O)(=O)N1CCCCC1. The molecule has 172 valence electrons. The molecule has 1 saturated heterocycles. The summed E-state index contributed by atoms with van der Waals surface area (Å²) in [5.74, 6) is -1.17. The van der Waals surface area contributed by atoms with Crippen LogP contribution in [0.25, 0.3) is 0 Å². The van der Waals surface area contributed by atoms with Gasteiger partial charge in [-0.15, -0.1) is 0 Å². The molecule has 3 rings (SSSR count). The van der Waals surface area contributed by atoms with E-state index in [2.05, 4.69) is 5.32 Å². The summed E-state index contributed by atoms with van der Waals surface area (Å²) < 4.78 is 33.0. The van der Waals surface area contributed by atoms with Gasteiger partial charge >= 0.3 is 5.97 Å². The predicted molar refractivity (Wildman–Crippen MR) is 122 cm³/mol. The van der Waals surface area contributed by atoms with Crippen molar-refractivity contribution in [3.05, 3.63) is 65.2 Å². The molecule has 2 aromatic rings. The quantitative estimate of drug-likeness (QED) is 0.640. The van der Waals surface area contributed by atoms with Gasteiger partial charge in [0.15, 0.2) is 6.10 Å². The third-order valence-corrected chi connectivity index (χ3v) is 7.71. The fraction of sp³-hybridized carbons (Fsp3) is 0.417. The number of aryl methyl sites for hydroxylation is 1. The monoisotopic (exact) mass is 458 g/mol. The normalized spacial score (nSPS) is 16.7. The van der Waals surface area contributed by atoms with E-state index in [-0.39, 0.29) is 16.5 Å². The molecule has 1 amide bonds. The molecule has 0 aliphatic carbocycles. The van der Waals surface area contributed by atoms with E-state index in [0.29, 0.717) is 18.7 Å². The van der Waals surface area contributed by atoms with Gasteiger partial charge in [0, 0.05) is 13.1 Å². The number of hydrogen-bond donors (Lipinski definition) is 1. The second-order valence-electron chi connectivity index (χ2n) is 8.13. The minimum atomic E-state index is -3.69. The van der Waals surface area contributed by atoms with Crippen LogP contribution in [0.15, 0.2) is 53.4 Å². The number of nitrogens with zero attached hydrogens (tertiary/aromatic N) is 1. The first-order valence-electron chi connectivity index (χ1n) is 10.9. The van der Waals surface area contributed by atoms with Crippen LogP contribution in [0.2, 0.25) is 0 Å². The first-order valence-corrected chi connectivity index (χ1v) is 12.3. The van der Waals surface area contributed by atoms with E-state index in [9.17, 15) is 18.0 Å². The van der Waals surface area contributed by atoms with Crippen LogP contribution in [0, 0.1) is 6.92 Å². The fourth-order valence-electron chi connectivity index (χ4n) is 3.69. The van der Waals surface area contributed by atoms with Crippen molar-refractivity contribution in [3.63, 3.8) is 0 Å². The molecule has 1 heterocycles. The topological polar surface area (TPSA) is 92.8 Å². The van der Waals surface area contributed by atoms with Crippen LogP contribution in [-0.2, 0) is 19.6 Å². The molecule has 0 bridgehead atoms. The lowest BCUT2D eigenvalue weighted by atomic mass is 10.1. The molecule has 1 N–H and O–H groups in total. The molecule has 2 atom stereocenters. The van der Waals surface area contributed by atoms with Crippen molar-refractivity contribution in [2.24, 2.45) is 0 Å². The molecule has 7 nitrogen and oxygen atoms in total. The van der Waals surface area contributed by atoms with Gasteiger partial charge in [0.2, 0.25) is 10.0 Å². The molecule has 1 aliphatic rings. The molecular formula is C24H30N2O5S. The number of benzene rings is 2. The fourth-order valence-corrected chi connectivity index (χ4v) is 5.46. The van der Waals surface area contributed by atoms with Gasteiger partial charge in [-0.1, -0.05) is 42.8 Å². The maximum absolute atomic E-state index is 13.1. The number of rotatable bonds is 7. The Morgan fingerprint density at radius 2 is 1.66 bits per heavy atom. The lowest BCUT2D eigenvalue weighted by molar-refractivity contribution is -0.129. The number of ether oxygens (including phenoxy) is 1. The van der Waals surface area contributed by atoms with E-state index in [4.69, 9.17) is 4.74 Å². The van der Waals surface area contributed by atoms with Crippen LogP contribution in [0.4, 0.5) is 0 Å². The molecule has 8 heteroatoms. The zero-order chi connectivity index (χ0) is 23.3. The van der Waals surface area contributed by atoms with Crippen molar-refractivity contribution in [1.29, 1.82) is 0 Å². The van der Waals surface area contributed by atoms with E-state index < -0.39 is 28.0 Å². The van der Waals surface area contributed by atoms with Crippen molar-refractivity contribution >= 4 is 21.9 Å². The zero-order valence-electron chi connectivity index (χ0n) is 18.7. The number of esters is 1. The Kier molecular flexibility index (Phi) is 7.69. The first-order chi connectivity index (χ1) is 15.2. The Morgan fingerprint density at radius 3 is 2.31 bits per heavy atom. The number of piperidine rings is 1. The van der Waals surface area contributed by atoms with Gasteiger partial charge in [0.25, 0.3) is 5.91 Å². The minimum absolute atomic E-state index is 0.0990. The summed E-state index contributed by atoms with van der Waals surface area (Å²) in [5.41, 5.74) is 1.60. The van der Waals surface area contributed by atoms with Gasteiger partial charge < -0.3 is 10.1 Å². The summed E-state index contributed by atoms with van der Waals surface area (Å²) in [6.45, 7) is 6.00. The summed E-state index contributed by atoms with van der Waals surface area (Å²) >= 11 is 0. The zero-order valence-corrected chi connectivity index (χ0v) is 19.5. The Morgan fingerprint density at radius 1 is 1.00 bits per heavy atom. The van der Waals surface area contributed by atoms with Crippen molar-refractivity contribution in [2.75, 3.05) is 13.1 Å². The highest BCUT2D eigenvalue weighted by atomic mass is 32.2. The summed E-state index contributed by atoms with van der Waals surface area (Å²) in [4.78, 5) is 25.3. The van der Waals surface area contributed by atoms with Crippen LogP contribution in [0.1, 0.15) is 60.6 Å². The summed E-state index contributed by atoms with van der Waals surface area (Å²) in [6, 6.07) is 13.7. The van der Waals surface area contributed by atoms with E-state index in [0.717, 1.165) is 24.8 Å². The molecule has 0 radical (unpaired) electrons. The molecule has 1 fully saturated rings. The lowest BCUT2D eigenvalue weighted by Gasteiger charge is -2.26. The van der Waals surface area contributed by atoms with Gasteiger partial charge in [0.1, 0.15) is 0 Å². The Balaban J connectivity index is 1.69. The second-order valence-corrected chi connectivity index (χ2v) is 10.0. The number of carbonyl (C=O) groups excluding carboxylic acids is 2. The highest BCUT2D eigenvalue weighted by Crippen LogP contribution is 2.25. The lowest BCUT2D eigenvalue weighted by Crippen LogP contribution is -2.37. The van der Waals surface area contributed by atoms with Gasteiger partial charge in [-0.2, -0.15) is 4.31 Å². The highest BCUT2D eigenvalue weighted by molar-refractivity contribution is 7.89. The molecule has 0 aromatic heterocycles. The molecular weight excluding hydrogens is 428 g/mol. The van der Waals surface area contributed by atoms with Crippen LogP contribution in [0.3, 0.4) is 0 Å². The maximum atomic E-state index is 13.1. The second kappa shape index (κ2) is 10.3. The summed E-state index contributed by atoms with van der Waals surface area (Å²) in [6.07, 6.45) is 1.64. The van der Waals surface area contributed by atoms with Crippen molar-refractivity contribution < 1.29 is 22.7 Å². The molecule has 0 saturated carbocycles. The third-order valence-electron chi connectivity index (χ3n) is 5.67. The van der Waals surface area contributed by atoms with Crippen LogP contribution in [0.5, 0.6) is 0 Å². The van der Waals surface area contributed by atoms with Crippen LogP contribution < -0.4 is 5.32 Å². The third kappa shape index (κ3) is 5.55. The summed E-state index contributed by atoms with van der Waals surface area (Å²) in [7, 11) is -3.69. The van der Waals surface area contributed by atoms with Crippen molar-refractivity contribution in [3.8, 4) is 0 Å². The first kappa shape index (κ1) is 23.9. The van der Waals surface area contributed by atoms with Gasteiger partial charge in [0.05, 0.1) is 16.5 Å². The predicted octanol–water partition coefficient (Wildman–Crippen LogP) is 3.59. The van der Waals surface area contributed by atoms with E-state index in [1.807, 2.05) is 37.3 Å². The molecule has 32 heavy (non-hydrogen) atoms. The maximum Gasteiger partial charge on any atom is 0.338 e. The van der Waals surface area contributed by atoms with Gasteiger partial charge in [-0.05, 0) is 56.9 Å². The number of sulfonamides is 1. The Hall–Kier alpha value is -2.71. The minimum Gasteiger partial charge on any atom is -0.449 e. The van der Waals surface area contributed by atoms with E-state index in [1.54, 1.807) is 13.0 Å². The average molecular weight is 459 g/mol. The van der Waals surface area contributed by atoms with Crippen LogP contribution in [-0.4, -0.2) is 43.8 Å². The Bertz CT molecular complexity index is 1060. The Labute approximate surface area is 189 Å². The summed E-state index contributed by atoms with van der Waals surface area (Å²) in [5, 5.41) is 2.82. The van der Waals surface area contributed by atoms with E-state index in [1.165, 1.54) is 23.4 Å². The molecule has 2 unspecified atom stereocenters. The van der Waals surface area contributed by atoms with E-state index >= 15 is 0 Å². The molecule has 1 aliphatic heterocycles. The standard InChI is InChI=1S/C24H30N2O5S/c1-17-12-13-21(16-22(17)32(29,30)26-14-8-5-9-15-26)24(28)31-19(3)23(27)25-18(2)20-10-6-4-7-11-20/h4,6-7,10-13,16,18-19H,5,8-9,14-15H2,1-3H3,(H,25,27). The van der Waals surface area contributed by atoms with Crippen LogP contribution >= 0.6 is 0 Å². The van der Waals surface area contributed by atoms with Crippen molar-refractivity contribution in [2.45, 2.75) is 57.1 Å². The highest BCUT2D eigenvalue weighted by Gasteiger charge is 2.29. The average Bonchev–Trinajstić information content (AvgIpc) is 2.80. The smallest absolute Gasteiger partial charge is 0.338 e. The van der Waals surface area contributed by atoms with Gasteiger partial charge in [-0.25, -0.2) is 13.2 Å².